The Morgan fingerprint density at radius 1 is 1.40 bits per heavy atom. The molecule has 0 aliphatic carbocycles. The highest BCUT2D eigenvalue weighted by Gasteiger charge is 2.30. The Kier molecular flexibility index (Phi) is 5.38. The van der Waals surface area contributed by atoms with Gasteiger partial charge in [-0.2, -0.15) is 0 Å². The van der Waals surface area contributed by atoms with E-state index in [9.17, 15) is 4.39 Å². The van der Waals surface area contributed by atoms with Crippen LogP contribution in [0.5, 0.6) is 5.75 Å². The molecule has 112 valence electrons. The van der Waals surface area contributed by atoms with Crippen LogP contribution < -0.4 is 10.5 Å². The third-order valence-corrected chi connectivity index (χ3v) is 4.25. The van der Waals surface area contributed by atoms with E-state index in [2.05, 4.69) is 18.7 Å². The lowest BCUT2D eigenvalue weighted by molar-refractivity contribution is 0.183. The quantitative estimate of drug-likeness (QED) is 0.870. The fourth-order valence-electron chi connectivity index (χ4n) is 2.82. The second-order valence-corrected chi connectivity index (χ2v) is 5.87. The van der Waals surface area contributed by atoms with E-state index < -0.39 is 0 Å². The Bertz CT molecular complexity index is 425. The van der Waals surface area contributed by atoms with E-state index in [4.69, 9.17) is 10.5 Å². The van der Waals surface area contributed by atoms with Gasteiger partial charge in [0.25, 0.3) is 0 Å². The topological polar surface area (TPSA) is 38.5 Å². The van der Waals surface area contributed by atoms with E-state index in [0.717, 1.165) is 19.5 Å². The van der Waals surface area contributed by atoms with E-state index in [1.807, 2.05) is 0 Å². The molecule has 0 radical (unpaired) electrons. The molecule has 4 heteroatoms. The Morgan fingerprint density at radius 2 is 2.15 bits per heavy atom. The number of halogens is 1. The summed E-state index contributed by atoms with van der Waals surface area (Å²) in [5.74, 6) is 0.857. The highest BCUT2D eigenvalue weighted by molar-refractivity contribution is 5.23. The number of rotatable bonds is 6. The molecule has 0 bridgehead atoms. The van der Waals surface area contributed by atoms with Gasteiger partial charge < -0.3 is 15.4 Å². The summed E-state index contributed by atoms with van der Waals surface area (Å²) in [7, 11) is 0. The first-order chi connectivity index (χ1) is 9.61. The second-order valence-electron chi connectivity index (χ2n) is 5.87. The second kappa shape index (κ2) is 7.04. The van der Waals surface area contributed by atoms with Crippen molar-refractivity contribution < 1.29 is 9.13 Å². The fraction of sp³-hybridized carbons (Fsp3) is 0.625. The van der Waals surface area contributed by atoms with Crippen LogP contribution in [0.2, 0.25) is 0 Å². The van der Waals surface area contributed by atoms with Gasteiger partial charge in [0.15, 0.2) is 11.6 Å². The van der Waals surface area contributed by atoms with Crippen LogP contribution in [0.3, 0.4) is 0 Å². The maximum absolute atomic E-state index is 13.5. The summed E-state index contributed by atoms with van der Waals surface area (Å²) in [4.78, 5) is 2.47. The van der Waals surface area contributed by atoms with Crippen molar-refractivity contribution in [2.45, 2.75) is 26.3 Å². The summed E-state index contributed by atoms with van der Waals surface area (Å²) < 4.78 is 19.1. The molecule has 0 amide bonds. The van der Waals surface area contributed by atoms with Crippen LogP contribution in [0.1, 0.15) is 20.3 Å². The van der Waals surface area contributed by atoms with Gasteiger partial charge in [-0.15, -0.1) is 0 Å². The van der Waals surface area contributed by atoms with Crippen LogP contribution >= 0.6 is 0 Å². The highest BCUT2D eigenvalue weighted by atomic mass is 19.1. The molecule has 20 heavy (non-hydrogen) atoms. The molecule has 2 N–H and O–H groups in total. The van der Waals surface area contributed by atoms with E-state index >= 15 is 0 Å². The van der Waals surface area contributed by atoms with E-state index in [0.29, 0.717) is 36.8 Å². The van der Waals surface area contributed by atoms with Crippen molar-refractivity contribution in [3.05, 3.63) is 30.1 Å². The molecule has 1 aliphatic heterocycles. The van der Waals surface area contributed by atoms with Crippen molar-refractivity contribution in [3.8, 4) is 5.75 Å². The van der Waals surface area contributed by atoms with Crippen LogP contribution in [0, 0.1) is 17.7 Å². The molecule has 1 fully saturated rings. The molecule has 0 aromatic heterocycles. The Labute approximate surface area is 120 Å². The van der Waals surface area contributed by atoms with Gasteiger partial charge in [0.1, 0.15) is 0 Å². The van der Waals surface area contributed by atoms with Crippen molar-refractivity contribution >= 4 is 0 Å². The number of hydrogen-bond acceptors (Lipinski definition) is 3. The summed E-state index contributed by atoms with van der Waals surface area (Å²) in [5.41, 5.74) is 5.88. The SMILES string of the molecule is CC(C)N1CCC(C(CN)COc2ccccc2F)C1. The number of benzene rings is 1. The molecule has 1 saturated heterocycles. The first-order valence-electron chi connectivity index (χ1n) is 7.43. The molecule has 1 heterocycles. The summed E-state index contributed by atoms with van der Waals surface area (Å²) in [5, 5.41) is 0. The Morgan fingerprint density at radius 3 is 2.75 bits per heavy atom. The first kappa shape index (κ1) is 15.3. The smallest absolute Gasteiger partial charge is 0.165 e. The van der Waals surface area contributed by atoms with Gasteiger partial charge >= 0.3 is 0 Å². The van der Waals surface area contributed by atoms with Gasteiger partial charge in [0.05, 0.1) is 6.61 Å². The molecule has 1 aromatic carbocycles. The maximum Gasteiger partial charge on any atom is 0.165 e. The van der Waals surface area contributed by atoms with Crippen LogP contribution in [0.4, 0.5) is 4.39 Å². The van der Waals surface area contributed by atoms with Crippen LogP contribution in [0.25, 0.3) is 0 Å². The molecule has 1 aliphatic rings. The van der Waals surface area contributed by atoms with Crippen molar-refractivity contribution in [1.29, 1.82) is 0 Å². The molecule has 1 aromatic rings. The summed E-state index contributed by atoms with van der Waals surface area (Å²) >= 11 is 0. The van der Waals surface area contributed by atoms with Crippen molar-refractivity contribution in [1.82, 2.24) is 4.90 Å². The standard InChI is InChI=1S/C16H25FN2O/c1-12(2)19-8-7-13(10-19)14(9-18)11-20-16-6-4-3-5-15(16)17/h3-6,12-14H,7-11,18H2,1-2H3. The van der Waals surface area contributed by atoms with Gasteiger partial charge in [-0.25, -0.2) is 4.39 Å². The maximum atomic E-state index is 13.5. The zero-order valence-corrected chi connectivity index (χ0v) is 12.4. The molecule has 2 rings (SSSR count). The predicted octanol–water partition coefficient (Wildman–Crippen LogP) is 2.51. The average Bonchev–Trinajstić information content (AvgIpc) is 2.91. The monoisotopic (exact) mass is 280 g/mol. The number of nitrogens with zero attached hydrogens (tertiary/aromatic N) is 1. The fourth-order valence-corrected chi connectivity index (χ4v) is 2.82. The lowest BCUT2D eigenvalue weighted by Crippen LogP contribution is -2.33. The number of hydrogen-bond donors (Lipinski definition) is 1. The van der Waals surface area contributed by atoms with Crippen molar-refractivity contribution in [2.75, 3.05) is 26.2 Å². The van der Waals surface area contributed by atoms with Gasteiger partial charge in [-0.05, 0) is 51.4 Å². The number of ether oxygens (including phenoxy) is 1. The van der Waals surface area contributed by atoms with Crippen LogP contribution in [0.15, 0.2) is 24.3 Å². The van der Waals surface area contributed by atoms with Crippen molar-refractivity contribution in [3.63, 3.8) is 0 Å². The lowest BCUT2D eigenvalue weighted by Gasteiger charge is -2.24. The summed E-state index contributed by atoms with van der Waals surface area (Å²) in [6.07, 6.45) is 1.15. The molecule has 2 atom stereocenters. The summed E-state index contributed by atoms with van der Waals surface area (Å²) in [6, 6.07) is 7.11. The first-order valence-corrected chi connectivity index (χ1v) is 7.43. The van der Waals surface area contributed by atoms with E-state index in [1.165, 1.54) is 6.07 Å². The predicted molar refractivity (Wildman–Crippen MR) is 79.3 cm³/mol. The molecule has 0 saturated carbocycles. The normalized spacial score (nSPS) is 21.4. The largest absolute Gasteiger partial charge is 0.490 e. The van der Waals surface area contributed by atoms with Crippen LogP contribution in [-0.4, -0.2) is 37.2 Å². The van der Waals surface area contributed by atoms with E-state index in [-0.39, 0.29) is 5.82 Å². The third-order valence-electron chi connectivity index (χ3n) is 4.25. The molecular formula is C16H25FN2O. The Balaban J connectivity index is 1.89. The minimum atomic E-state index is -0.307. The zero-order valence-electron chi connectivity index (χ0n) is 12.4. The average molecular weight is 280 g/mol. The minimum absolute atomic E-state index is 0.290. The molecule has 3 nitrogen and oxygen atoms in total. The summed E-state index contributed by atoms with van der Waals surface area (Å²) in [6.45, 7) is 7.71. The molecule has 2 unspecified atom stereocenters. The zero-order chi connectivity index (χ0) is 14.5. The van der Waals surface area contributed by atoms with Gasteiger partial charge in [-0.3, -0.25) is 0 Å². The molecular weight excluding hydrogens is 255 g/mol. The Hall–Kier alpha value is -1.13. The van der Waals surface area contributed by atoms with Crippen LogP contribution in [-0.2, 0) is 0 Å². The van der Waals surface area contributed by atoms with E-state index in [1.54, 1.807) is 18.2 Å². The van der Waals surface area contributed by atoms with Gasteiger partial charge in [-0.1, -0.05) is 12.1 Å². The number of likely N-dealkylation sites (tertiary alicyclic amines) is 1. The minimum Gasteiger partial charge on any atom is -0.490 e. The molecule has 0 spiro atoms. The number of para-hydroxylation sites is 1. The highest BCUT2D eigenvalue weighted by Crippen LogP contribution is 2.26. The lowest BCUT2D eigenvalue weighted by atomic mass is 9.92. The van der Waals surface area contributed by atoms with Gasteiger partial charge in [0, 0.05) is 18.5 Å². The third kappa shape index (κ3) is 3.70. The van der Waals surface area contributed by atoms with Crippen molar-refractivity contribution in [2.24, 2.45) is 17.6 Å². The van der Waals surface area contributed by atoms with Gasteiger partial charge in [0.2, 0.25) is 0 Å². The number of nitrogens with two attached hydrogens (primary N) is 1.